The van der Waals surface area contributed by atoms with Crippen LogP contribution in [-0.4, -0.2) is 18.6 Å². The van der Waals surface area contributed by atoms with Crippen molar-refractivity contribution in [3.05, 3.63) is 41.2 Å². The van der Waals surface area contributed by atoms with Gasteiger partial charge in [-0.15, -0.1) is 0 Å². The SMILES string of the molecule is CN(N)C1=CCNN1.Cc1ccc(N)cc1C. The van der Waals surface area contributed by atoms with E-state index < -0.39 is 0 Å². The van der Waals surface area contributed by atoms with Gasteiger partial charge in [0.2, 0.25) is 0 Å². The monoisotopic (exact) mass is 235 g/mol. The Balaban J connectivity index is 0.000000171. The molecule has 0 bridgehead atoms. The van der Waals surface area contributed by atoms with E-state index in [0.717, 1.165) is 18.1 Å². The highest BCUT2D eigenvalue weighted by Crippen LogP contribution is 2.09. The van der Waals surface area contributed by atoms with Gasteiger partial charge in [-0.2, -0.15) is 0 Å². The fraction of sp³-hybridized carbons (Fsp3) is 0.333. The maximum atomic E-state index is 5.53. The summed E-state index contributed by atoms with van der Waals surface area (Å²) in [6, 6.07) is 5.93. The molecule has 0 saturated heterocycles. The van der Waals surface area contributed by atoms with Crippen molar-refractivity contribution in [2.75, 3.05) is 19.3 Å². The zero-order chi connectivity index (χ0) is 12.8. The van der Waals surface area contributed by atoms with E-state index in [9.17, 15) is 0 Å². The molecule has 0 aromatic heterocycles. The Morgan fingerprint density at radius 1 is 1.24 bits per heavy atom. The maximum absolute atomic E-state index is 5.53. The standard InChI is InChI=1S/C8H11N.C4H10N4/c1-6-3-4-8(9)5-7(6)2;1-8(5)4-2-3-6-7-4/h3-5H,9H2,1-2H3;2,6-7H,3,5H2,1H3. The summed E-state index contributed by atoms with van der Waals surface area (Å²) in [4.78, 5) is 0. The van der Waals surface area contributed by atoms with Crippen molar-refractivity contribution < 1.29 is 0 Å². The number of benzene rings is 1. The number of nitrogens with one attached hydrogen (secondary N) is 2. The van der Waals surface area contributed by atoms with E-state index in [1.54, 1.807) is 7.05 Å². The van der Waals surface area contributed by atoms with Crippen molar-refractivity contribution in [1.82, 2.24) is 15.9 Å². The summed E-state index contributed by atoms with van der Waals surface area (Å²) in [6.07, 6.45) is 1.97. The highest BCUT2D eigenvalue weighted by atomic mass is 15.5. The van der Waals surface area contributed by atoms with Crippen LogP contribution in [0, 0.1) is 13.8 Å². The summed E-state index contributed by atoms with van der Waals surface area (Å²) in [6.45, 7) is 4.98. The van der Waals surface area contributed by atoms with Crippen molar-refractivity contribution in [3.63, 3.8) is 0 Å². The molecule has 0 unspecified atom stereocenters. The number of hydrazine groups is 2. The lowest BCUT2D eigenvalue weighted by molar-refractivity contribution is 0.399. The van der Waals surface area contributed by atoms with Crippen LogP contribution < -0.4 is 22.4 Å². The van der Waals surface area contributed by atoms with E-state index in [2.05, 4.69) is 24.7 Å². The molecule has 0 aliphatic carbocycles. The molecule has 0 atom stereocenters. The largest absolute Gasteiger partial charge is 0.399 e. The molecule has 5 heteroatoms. The van der Waals surface area contributed by atoms with E-state index in [4.69, 9.17) is 11.6 Å². The van der Waals surface area contributed by atoms with Gasteiger partial charge in [0.05, 0.1) is 0 Å². The minimum absolute atomic E-state index is 0.844. The Bertz CT molecular complexity index is 398. The summed E-state index contributed by atoms with van der Waals surface area (Å²) >= 11 is 0. The normalized spacial score (nSPS) is 13.3. The van der Waals surface area contributed by atoms with Crippen LogP contribution >= 0.6 is 0 Å². The second-order valence-corrected chi connectivity index (χ2v) is 4.05. The number of hydrogen-bond acceptors (Lipinski definition) is 5. The average Bonchev–Trinajstić information content (AvgIpc) is 2.78. The fourth-order valence-corrected chi connectivity index (χ4v) is 1.34. The highest BCUT2D eigenvalue weighted by molar-refractivity contribution is 5.43. The van der Waals surface area contributed by atoms with Gasteiger partial charge in [0.25, 0.3) is 0 Å². The van der Waals surface area contributed by atoms with Crippen LogP contribution in [0.4, 0.5) is 5.69 Å². The van der Waals surface area contributed by atoms with Gasteiger partial charge in [-0.25, -0.2) is 11.3 Å². The van der Waals surface area contributed by atoms with Gasteiger partial charge in [-0.05, 0) is 43.2 Å². The minimum Gasteiger partial charge on any atom is -0.399 e. The molecule has 1 heterocycles. The Hall–Kier alpha value is -1.72. The molecule has 94 valence electrons. The van der Waals surface area contributed by atoms with E-state index in [1.165, 1.54) is 16.1 Å². The molecule has 6 N–H and O–H groups in total. The molecule has 5 nitrogen and oxygen atoms in total. The number of hydrogen-bond donors (Lipinski definition) is 4. The molecule has 1 aliphatic heterocycles. The molecule has 1 aliphatic rings. The molecule has 0 spiro atoms. The van der Waals surface area contributed by atoms with Crippen molar-refractivity contribution in [2.24, 2.45) is 5.84 Å². The average molecular weight is 235 g/mol. The predicted octanol–water partition coefficient (Wildman–Crippen LogP) is 0.627. The second kappa shape index (κ2) is 6.12. The second-order valence-electron chi connectivity index (χ2n) is 4.05. The van der Waals surface area contributed by atoms with Crippen LogP contribution in [0.25, 0.3) is 0 Å². The van der Waals surface area contributed by atoms with E-state index >= 15 is 0 Å². The third-order valence-corrected chi connectivity index (χ3v) is 2.52. The summed E-state index contributed by atoms with van der Waals surface area (Å²) in [7, 11) is 1.78. The molecule has 2 rings (SSSR count). The molecule has 0 saturated carbocycles. The van der Waals surface area contributed by atoms with Crippen LogP contribution in [-0.2, 0) is 0 Å². The van der Waals surface area contributed by atoms with Gasteiger partial charge in [0.15, 0.2) is 0 Å². The van der Waals surface area contributed by atoms with Gasteiger partial charge in [-0.1, -0.05) is 6.07 Å². The Labute approximate surface area is 102 Å². The molecular weight excluding hydrogens is 214 g/mol. The number of anilines is 1. The first-order valence-corrected chi connectivity index (χ1v) is 5.51. The summed E-state index contributed by atoms with van der Waals surface area (Å²) in [5.41, 5.74) is 14.7. The van der Waals surface area contributed by atoms with Crippen molar-refractivity contribution in [2.45, 2.75) is 13.8 Å². The zero-order valence-corrected chi connectivity index (χ0v) is 10.6. The first-order valence-electron chi connectivity index (χ1n) is 5.51. The molecule has 1 aromatic rings. The van der Waals surface area contributed by atoms with Crippen LogP contribution in [0.1, 0.15) is 11.1 Å². The fourth-order valence-electron chi connectivity index (χ4n) is 1.34. The van der Waals surface area contributed by atoms with Crippen LogP contribution in [0.15, 0.2) is 30.1 Å². The van der Waals surface area contributed by atoms with E-state index in [1.807, 2.05) is 24.3 Å². The molecule has 0 fully saturated rings. The lowest BCUT2D eigenvalue weighted by Crippen LogP contribution is -2.35. The molecule has 1 aromatic carbocycles. The third-order valence-electron chi connectivity index (χ3n) is 2.52. The topological polar surface area (TPSA) is 79.3 Å². The maximum Gasteiger partial charge on any atom is 0.127 e. The van der Waals surface area contributed by atoms with Crippen molar-refractivity contribution >= 4 is 5.69 Å². The quantitative estimate of drug-likeness (QED) is 0.326. The number of nitrogen functional groups attached to an aromatic ring is 1. The minimum atomic E-state index is 0.844. The summed E-state index contributed by atoms with van der Waals surface area (Å²) in [5.74, 6) is 6.28. The Kier molecular flexibility index (Phi) is 4.81. The Morgan fingerprint density at radius 3 is 2.29 bits per heavy atom. The van der Waals surface area contributed by atoms with E-state index in [0.29, 0.717) is 0 Å². The lowest BCUT2D eigenvalue weighted by Gasteiger charge is -2.12. The Morgan fingerprint density at radius 2 is 1.94 bits per heavy atom. The van der Waals surface area contributed by atoms with Crippen LogP contribution in [0.2, 0.25) is 0 Å². The van der Waals surface area contributed by atoms with Gasteiger partial charge in [-0.3, -0.25) is 5.01 Å². The van der Waals surface area contributed by atoms with Crippen molar-refractivity contribution in [3.8, 4) is 0 Å². The van der Waals surface area contributed by atoms with Crippen LogP contribution in [0.3, 0.4) is 0 Å². The predicted molar refractivity (Wildman–Crippen MR) is 71.5 cm³/mol. The van der Waals surface area contributed by atoms with Gasteiger partial charge < -0.3 is 11.2 Å². The van der Waals surface area contributed by atoms with Crippen LogP contribution in [0.5, 0.6) is 0 Å². The number of nitrogens with zero attached hydrogens (tertiary/aromatic N) is 1. The number of aryl methyl sites for hydroxylation is 2. The molecule has 0 radical (unpaired) electrons. The van der Waals surface area contributed by atoms with Gasteiger partial charge in [0, 0.05) is 19.3 Å². The number of nitrogens with two attached hydrogens (primary N) is 2. The van der Waals surface area contributed by atoms with Crippen molar-refractivity contribution in [1.29, 1.82) is 0 Å². The highest BCUT2D eigenvalue weighted by Gasteiger charge is 2.01. The first-order chi connectivity index (χ1) is 8.00. The van der Waals surface area contributed by atoms with Gasteiger partial charge >= 0.3 is 0 Å². The number of rotatable bonds is 1. The summed E-state index contributed by atoms with van der Waals surface area (Å²) < 4.78 is 0. The lowest BCUT2D eigenvalue weighted by atomic mass is 10.1. The molecule has 0 amide bonds. The molecule has 17 heavy (non-hydrogen) atoms. The summed E-state index contributed by atoms with van der Waals surface area (Å²) in [5, 5.41) is 1.53. The smallest absolute Gasteiger partial charge is 0.127 e. The van der Waals surface area contributed by atoms with E-state index in [-0.39, 0.29) is 0 Å². The first kappa shape index (κ1) is 13.3. The molecular formula is C12H21N5. The zero-order valence-electron chi connectivity index (χ0n) is 10.6. The van der Waals surface area contributed by atoms with Gasteiger partial charge in [0.1, 0.15) is 5.82 Å². The third kappa shape index (κ3) is 4.34.